The van der Waals surface area contributed by atoms with Gasteiger partial charge in [0.2, 0.25) is 0 Å². The molecule has 152 valence electrons. The lowest BCUT2D eigenvalue weighted by Crippen LogP contribution is -3.27. The molecule has 2 N–H and O–H groups in total. The zero-order valence-electron chi connectivity index (χ0n) is 17.2. The lowest BCUT2D eigenvalue weighted by atomic mass is 10.0. The van der Waals surface area contributed by atoms with Crippen LogP contribution in [0.1, 0.15) is 33.1 Å². The van der Waals surface area contributed by atoms with Gasteiger partial charge in [-0.3, -0.25) is 0 Å². The fraction of sp³-hybridized carbons (Fsp3) is 0.409. The number of ether oxygens (including phenoxy) is 1. The molecular weight excluding hydrogens is 368 g/mol. The Morgan fingerprint density at radius 1 is 1.10 bits per heavy atom. The average Bonchev–Trinajstić information content (AvgIpc) is 3.14. The first kappa shape index (κ1) is 19.5. The van der Waals surface area contributed by atoms with E-state index in [1.165, 1.54) is 16.9 Å². The Bertz CT molecular complexity index is 1020. The van der Waals surface area contributed by atoms with Gasteiger partial charge in [0.25, 0.3) is 0 Å². The standard InChI is InChI=1S/C22H26N4O3/c1-15-12-17(24-29-15)13-25-8-10-26(11-9-25)14-20-21(22(27)28-3)16(2)18-6-4-5-7-19(18)23-20/h4-7,12H,8-11,13-14H2,1-3H3/p+2. The van der Waals surface area contributed by atoms with Crippen LogP contribution in [0.25, 0.3) is 10.9 Å². The minimum Gasteiger partial charge on any atom is -0.465 e. The first-order valence-electron chi connectivity index (χ1n) is 10.1. The summed E-state index contributed by atoms with van der Waals surface area (Å²) in [5.41, 5.74) is 4.34. The summed E-state index contributed by atoms with van der Waals surface area (Å²) in [6.45, 7) is 9.70. The molecular formula is C22H28N4O3+2. The monoisotopic (exact) mass is 396 g/mol. The van der Waals surface area contributed by atoms with Gasteiger partial charge in [-0.05, 0) is 25.5 Å². The number of aryl methyl sites for hydroxylation is 2. The number of carbonyl (C=O) groups is 1. The van der Waals surface area contributed by atoms with Gasteiger partial charge < -0.3 is 19.1 Å². The number of hydrogen-bond acceptors (Lipinski definition) is 5. The molecule has 0 aliphatic carbocycles. The summed E-state index contributed by atoms with van der Waals surface area (Å²) >= 11 is 0. The van der Waals surface area contributed by atoms with E-state index < -0.39 is 0 Å². The number of methoxy groups -OCH3 is 1. The molecule has 0 atom stereocenters. The van der Waals surface area contributed by atoms with Crippen molar-refractivity contribution in [1.82, 2.24) is 10.1 Å². The summed E-state index contributed by atoms with van der Waals surface area (Å²) in [7, 11) is 1.43. The zero-order valence-corrected chi connectivity index (χ0v) is 17.2. The van der Waals surface area contributed by atoms with Gasteiger partial charge in [0.05, 0.1) is 18.2 Å². The first-order valence-corrected chi connectivity index (χ1v) is 10.1. The number of fused-ring (bicyclic) bond motifs is 1. The molecule has 7 nitrogen and oxygen atoms in total. The quantitative estimate of drug-likeness (QED) is 0.599. The van der Waals surface area contributed by atoms with E-state index in [1.54, 1.807) is 0 Å². The van der Waals surface area contributed by atoms with E-state index in [4.69, 9.17) is 14.2 Å². The average molecular weight is 396 g/mol. The number of para-hydroxylation sites is 1. The molecule has 0 spiro atoms. The van der Waals surface area contributed by atoms with Crippen LogP contribution in [0.3, 0.4) is 0 Å². The Labute approximate surface area is 170 Å². The fourth-order valence-corrected chi connectivity index (χ4v) is 4.25. The number of benzene rings is 1. The third kappa shape index (κ3) is 4.16. The summed E-state index contributed by atoms with van der Waals surface area (Å²) in [4.78, 5) is 20.3. The maximum Gasteiger partial charge on any atom is 0.340 e. The number of quaternary nitrogens is 2. The SMILES string of the molecule is COC(=O)c1c(C[NH+]2CC[NH+](Cc3cc(C)on3)CC2)nc2ccccc2c1C. The predicted octanol–water partition coefficient (Wildman–Crippen LogP) is 0.110. The van der Waals surface area contributed by atoms with Gasteiger partial charge in [0, 0.05) is 11.5 Å². The van der Waals surface area contributed by atoms with Crippen LogP contribution in [0.5, 0.6) is 0 Å². The van der Waals surface area contributed by atoms with Crippen LogP contribution in [0.4, 0.5) is 0 Å². The Morgan fingerprint density at radius 2 is 1.79 bits per heavy atom. The second-order valence-electron chi connectivity index (χ2n) is 7.85. The second-order valence-corrected chi connectivity index (χ2v) is 7.85. The molecule has 1 aromatic carbocycles. The number of hydrogen-bond donors (Lipinski definition) is 2. The van der Waals surface area contributed by atoms with Gasteiger partial charge in [-0.1, -0.05) is 23.4 Å². The van der Waals surface area contributed by atoms with Gasteiger partial charge >= 0.3 is 5.97 Å². The summed E-state index contributed by atoms with van der Waals surface area (Å²) in [6, 6.07) is 9.98. The van der Waals surface area contributed by atoms with E-state index >= 15 is 0 Å². The highest BCUT2D eigenvalue weighted by Gasteiger charge is 2.27. The summed E-state index contributed by atoms with van der Waals surface area (Å²) in [5.74, 6) is 0.553. The van der Waals surface area contributed by atoms with Gasteiger partial charge in [-0.15, -0.1) is 0 Å². The molecule has 3 heterocycles. The first-order chi connectivity index (χ1) is 14.0. The van der Waals surface area contributed by atoms with Crippen LogP contribution < -0.4 is 9.80 Å². The molecule has 2 aromatic heterocycles. The number of rotatable bonds is 5. The molecule has 1 fully saturated rings. The maximum absolute atomic E-state index is 12.5. The molecule has 0 bridgehead atoms. The topological polar surface area (TPSA) is 74.1 Å². The number of nitrogens with one attached hydrogen (secondary N) is 2. The minimum atomic E-state index is -0.305. The Kier molecular flexibility index (Phi) is 5.60. The van der Waals surface area contributed by atoms with E-state index in [2.05, 4.69) is 5.16 Å². The van der Waals surface area contributed by atoms with Gasteiger partial charge in [-0.25, -0.2) is 9.78 Å². The van der Waals surface area contributed by atoms with Crippen molar-refractivity contribution in [2.24, 2.45) is 0 Å². The van der Waals surface area contributed by atoms with E-state index in [0.717, 1.165) is 72.9 Å². The summed E-state index contributed by atoms with van der Waals surface area (Å²) in [5, 5.41) is 5.12. The number of carbonyl (C=O) groups excluding carboxylic acids is 1. The van der Waals surface area contributed by atoms with Crippen LogP contribution in [0, 0.1) is 13.8 Å². The van der Waals surface area contributed by atoms with Crippen LogP contribution in [0.2, 0.25) is 0 Å². The Morgan fingerprint density at radius 3 is 2.45 bits per heavy atom. The molecule has 3 aromatic rings. The Hall–Kier alpha value is -2.77. The van der Waals surface area contributed by atoms with Crippen molar-refractivity contribution in [3.05, 3.63) is 58.6 Å². The third-order valence-corrected chi connectivity index (χ3v) is 5.81. The smallest absolute Gasteiger partial charge is 0.340 e. The molecule has 0 unspecified atom stereocenters. The number of nitrogens with zero attached hydrogens (tertiary/aromatic N) is 2. The van der Waals surface area contributed by atoms with Crippen molar-refractivity contribution in [2.75, 3.05) is 33.3 Å². The minimum absolute atomic E-state index is 0.305. The molecule has 4 rings (SSSR count). The normalized spacial score (nSPS) is 19.4. The van der Waals surface area contributed by atoms with E-state index in [0.29, 0.717) is 5.56 Å². The van der Waals surface area contributed by atoms with Crippen molar-refractivity contribution in [3.63, 3.8) is 0 Å². The molecule has 1 saturated heterocycles. The number of esters is 1. The van der Waals surface area contributed by atoms with Crippen LogP contribution in [0.15, 0.2) is 34.9 Å². The molecule has 7 heteroatoms. The lowest BCUT2D eigenvalue weighted by molar-refractivity contribution is -1.02. The van der Waals surface area contributed by atoms with Crippen LogP contribution in [-0.4, -0.2) is 49.4 Å². The molecule has 0 radical (unpaired) electrons. The largest absolute Gasteiger partial charge is 0.465 e. The molecule has 0 amide bonds. The highest BCUT2D eigenvalue weighted by atomic mass is 16.5. The summed E-state index contributed by atoms with van der Waals surface area (Å²) < 4.78 is 10.3. The van der Waals surface area contributed by atoms with Crippen molar-refractivity contribution >= 4 is 16.9 Å². The lowest BCUT2D eigenvalue weighted by Gasteiger charge is -2.29. The van der Waals surface area contributed by atoms with Gasteiger partial charge in [-0.2, -0.15) is 0 Å². The maximum atomic E-state index is 12.5. The molecule has 1 aliphatic rings. The highest BCUT2D eigenvalue weighted by molar-refractivity contribution is 5.98. The Balaban J connectivity index is 1.50. The van der Waals surface area contributed by atoms with Crippen molar-refractivity contribution in [3.8, 4) is 0 Å². The van der Waals surface area contributed by atoms with E-state index in [1.807, 2.05) is 44.2 Å². The van der Waals surface area contributed by atoms with Gasteiger partial charge in [0.15, 0.2) is 0 Å². The van der Waals surface area contributed by atoms with Crippen LogP contribution in [-0.2, 0) is 17.8 Å². The molecule has 0 saturated carbocycles. The van der Waals surface area contributed by atoms with Crippen molar-refractivity contribution in [1.29, 1.82) is 0 Å². The zero-order chi connectivity index (χ0) is 20.4. The van der Waals surface area contributed by atoms with E-state index in [9.17, 15) is 4.79 Å². The third-order valence-electron chi connectivity index (χ3n) is 5.81. The van der Waals surface area contributed by atoms with Gasteiger partial charge in [0.1, 0.15) is 56.4 Å². The highest BCUT2D eigenvalue weighted by Crippen LogP contribution is 2.23. The second kappa shape index (κ2) is 8.31. The fourth-order valence-electron chi connectivity index (χ4n) is 4.25. The van der Waals surface area contributed by atoms with Crippen LogP contribution >= 0.6 is 0 Å². The summed E-state index contributed by atoms with van der Waals surface area (Å²) in [6.07, 6.45) is 0. The van der Waals surface area contributed by atoms with E-state index in [-0.39, 0.29) is 5.97 Å². The number of pyridine rings is 1. The number of aromatic nitrogens is 2. The number of piperazine rings is 1. The van der Waals surface area contributed by atoms with Crippen molar-refractivity contribution < 1.29 is 23.9 Å². The molecule has 29 heavy (non-hydrogen) atoms. The molecule has 1 aliphatic heterocycles. The van der Waals surface area contributed by atoms with Crippen molar-refractivity contribution in [2.45, 2.75) is 26.9 Å². The predicted molar refractivity (Wildman–Crippen MR) is 108 cm³/mol.